The highest BCUT2D eigenvalue weighted by Crippen LogP contribution is 2.12. The summed E-state index contributed by atoms with van der Waals surface area (Å²) in [6.45, 7) is 7.27. The molecule has 2 N–H and O–H groups in total. The van der Waals surface area contributed by atoms with E-state index in [9.17, 15) is 8.42 Å². The van der Waals surface area contributed by atoms with Crippen molar-refractivity contribution in [3.63, 3.8) is 0 Å². The highest BCUT2D eigenvalue weighted by Gasteiger charge is 2.21. The molecule has 0 bridgehead atoms. The summed E-state index contributed by atoms with van der Waals surface area (Å²) < 4.78 is 24.5. The molecule has 0 unspecified atom stereocenters. The van der Waals surface area contributed by atoms with Crippen molar-refractivity contribution in [2.45, 2.75) is 50.9 Å². The Morgan fingerprint density at radius 1 is 1.22 bits per heavy atom. The molecule has 0 spiro atoms. The van der Waals surface area contributed by atoms with E-state index < -0.39 is 9.84 Å². The third-order valence-corrected chi connectivity index (χ3v) is 6.66. The Morgan fingerprint density at radius 2 is 1.89 bits per heavy atom. The Kier molecular flexibility index (Phi) is 8.57. The van der Waals surface area contributed by atoms with Gasteiger partial charge in [0, 0.05) is 38.8 Å². The van der Waals surface area contributed by atoms with Gasteiger partial charge in [0.15, 0.2) is 15.8 Å². The topological polar surface area (TPSA) is 73.8 Å². The minimum atomic E-state index is -3.09. The van der Waals surface area contributed by atoms with Crippen LogP contribution in [-0.2, 0) is 15.6 Å². The van der Waals surface area contributed by atoms with Gasteiger partial charge in [-0.05, 0) is 38.7 Å². The molecule has 152 valence electrons. The number of benzene rings is 1. The van der Waals surface area contributed by atoms with Gasteiger partial charge >= 0.3 is 0 Å². The van der Waals surface area contributed by atoms with Crippen LogP contribution in [0.5, 0.6) is 0 Å². The van der Waals surface area contributed by atoms with Crippen molar-refractivity contribution in [2.24, 2.45) is 4.99 Å². The first-order valence-corrected chi connectivity index (χ1v) is 11.7. The van der Waals surface area contributed by atoms with Gasteiger partial charge < -0.3 is 15.5 Å². The summed E-state index contributed by atoms with van der Waals surface area (Å²) >= 11 is 0. The normalized spacial score (nSPS) is 17.3. The van der Waals surface area contributed by atoms with E-state index in [1.165, 1.54) is 0 Å². The lowest BCUT2D eigenvalue weighted by Gasteiger charge is -2.35. The van der Waals surface area contributed by atoms with E-state index in [4.69, 9.17) is 0 Å². The quantitative estimate of drug-likeness (QED) is 0.401. The number of sulfone groups is 1. The van der Waals surface area contributed by atoms with Gasteiger partial charge in [-0.1, -0.05) is 30.3 Å². The molecule has 2 rings (SSSR count). The SMILES string of the molecule is CN=C(NCCCS(=O)(=O)Cc1ccccc1)NC1CCN(C(C)C)CC1. The van der Waals surface area contributed by atoms with E-state index in [0.29, 0.717) is 25.0 Å². The van der Waals surface area contributed by atoms with Crippen molar-refractivity contribution in [3.8, 4) is 0 Å². The Bertz CT molecular complexity index is 681. The van der Waals surface area contributed by atoms with Crippen LogP contribution in [0.4, 0.5) is 0 Å². The number of hydrogen-bond acceptors (Lipinski definition) is 4. The van der Waals surface area contributed by atoms with Crippen molar-refractivity contribution in [2.75, 3.05) is 32.4 Å². The smallest absolute Gasteiger partial charge is 0.191 e. The fourth-order valence-corrected chi connectivity index (χ4v) is 4.78. The number of hydrogen-bond donors (Lipinski definition) is 2. The molecule has 0 amide bonds. The summed E-state index contributed by atoms with van der Waals surface area (Å²) in [6, 6.07) is 10.4. The highest BCUT2D eigenvalue weighted by molar-refractivity contribution is 7.90. The van der Waals surface area contributed by atoms with Crippen molar-refractivity contribution in [1.29, 1.82) is 0 Å². The second-order valence-electron chi connectivity index (χ2n) is 7.48. The number of piperidine rings is 1. The second kappa shape index (κ2) is 10.7. The fourth-order valence-electron chi connectivity index (χ4n) is 3.35. The molecular weight excluding hydrogens is 360 g/mol. The molecule has 7 heteroatoms. The highest BCUT2D eigenvalue weighted by atomic mass is 32.2. The van der Waals surface area contributed by atoms with E-state index in [2.05, 4.69) is 34.4 Å². The van der Waals surface area contributed by atoms with Gasteiger partial charge in [-0.2, -0.15) is 0 Å². The summed E-state index contributed by atoms with van der Waals surface area (Å²) in [6.07, 6.45) is 2.77. The van der Waals surface area contributed by atoms with Crippen LogP contribution in [0.25, 0.3) is 0 Å². The fraction of sp³-hybridized carbons (Fsp3) is 0.650. The van der Waals surface area contributed by atoms with Gasteiger partial charge in [0.1, 0.15) is 0 Å². The van der Waals surface area contributed by atoms with Gasteiger partial charge in [-0.3, -0.25) is 4.99 Å². The van der Waals surface area contributed by atoms with Crippen LogP contribution >= 0.6 is 0 Å². The summed E-state index contributed by atoms with van der Waals surface area (Å²) in [5, 5.41) is 6.71. The second-order valence-corrected chi connectivity index (χ2v) is 9.66. The summed E-state index contributed by atoms with van der Waals surface area (Å²) in [7, 11) is -1.33. The van der Waals surface area contributed by atoms with E-state index in [1.807, 2.05) is 30.3 Å². The summed E-state index contributed by atoms with van der Waals surface area (Å²) in [4.78, 5) is 6.76. The van der Waals surface area contributed by atoms with Gasteiger partial charge in [-0.15, -0.1) is 0 Å². The molecule has 1 aromatic rings. The Morgan fingerprint density at radius 3 is 2.48 bits per heavy atom. The maximum atomic E-state index is 12.2. The average molecular weight is 395 g/mol. The molecule has 1 aliphatic heterocycles. The van der Waals surface area contributed by atoms with E-state index in [1.54, 1.807) is 7.05 Å². The van der Waals surface area contributed by atoms with Crippen LogP contribution in [0.1, 0.15) is 38.7 Å². The zero-order valence-corrected chi connectivity index (χ0v) is 17.6. The lowest BCUT2D eigenvalue weighted by atomic mass is 10.0. The minimum Gasteiger partial charge on any atom is -0.356 e. The van der Waals surface area contributed by atoms with Crippen LogP contribution < -0.4 is 10.6 Å². The first kappa shape index (κ1) is 21.7. The monoisotopic (exact) mass is 394 g/mol. The molecule has 0 atom stereocenters. The van der Waals surface area contributed by atoms with Gasteiger partial charge in [0.25, 0.3) is 0 Å². The Labute approximate surface area is 164 Å². The minimum absolute atomic E-state index is 0.106. The predicted octanol–water partition coefficient (Wildman–Crippen LogP) is 2.03. The molecule has 0 saturated carbocycles. The molecule has 1 heterocycles. The lowest BCUT2D eigenvalue weighted by Crippen LogP contribution is -2.50. The van der Waals surface area contributed by atoms with Crippen molar-refractivity contribution < 1.29 is 8.42 Å². The number of aliphatic imine (C=N–C) groups is 1. The first-order valence-electron chi connectivity index (χ1n) is 9.85. The van der Waals surface area contributed by atoms with Crippen LogP contribution in [0.2, 0.25) is 0 Å². The van der Waals surface area contributed by atoms with E-state index in [-0.39, 0.29) is 11.5 Å². The summed E-state index contributed by atoms with van der Waals surface area (Å²) in [5.41, 5.74) is 0.843. The Balaban J connectivity index is 1.67. The molecule has 27 heavy (non-hydrogen) atoms. The van der Waals surface area contributed by atoms with Gasteiger partial charge in [0.05, 0.1) is 11.5 Å². The molecule has 0 aromatic heterocycles. The predicted molar refractivity (Wildman–Crippen MR) is 113 cm³/mol. The number of nitrogens with zero attached hydrogens (tertiary/aromatic N) is 2. The van der Waals surface area contributed by atoms with Crippen molar-refractivity contribution in [1.82, 2.24) is 15.5 Å². The molecule has 1 fully saturated rings. The van der Waals surface area contributed by atoms with Crippen LogP contribution in [-0.4, -0.2) is 63.8 Å². The number of nitrogens with one attached hydrogen (secondary N) is 2. The third kappa shape index (κ3) is 7.89. The number of guanidine groups is 1. The van der Waals surface area contributed by atoms with Crippen molar-refractivity contribution in [3.05, 3.63) is 35.9 Å². The molecule has 1 aromatic carbocycles. The third-order valence-electron chi connectivity index (χ3n) is 4.98. The zero-order chi connectivity index (χ0) is 19.7. The first-order chi connectivity index (χ1) is 12.9. The molecule has 0 aliphatic carbocycles. The van der Waals surface area contributed by atoms with Gasteiger partial charge in [-0.25, -0.2) is 8.42 Å². The maximum absolute atomic E-state index is 12.2. The molecule has 0 radical (unpaired) electrons. The number of likely N-dealkylation sites (tertiary alicyclic amines) is 1. The molecule has 1 aliphatic rings. The van der Waals surface area contributed by atoms with Gasteiger partial charge in [0.2, 0.25) is 0 Å². The average Bonchev–Trinajstić information content (AvgIpc) is 2.65. The standard InChI is InChI=1S/C20H34N4O2S/c1-17(2)24-13-10-19(11-14-24)23-20(21-3)22-12-7-15-27(25,26)16-18-8-5-4-6-9-18/h4-6,8-9,17,19H,7,10-16H2,1-3H3,(H2,21,22,23). The summed E-state index contributed by atoms with van der Waals surface area (Å²) in [5.74, 6) is 1.05. The van der Waals surface area contributed by atoms with Crippen LogP contribution in [0.3, 0.4) is 0 Å². The molecular formula is C20H34N4O2S. The van der Waals surface area contributed by atoms with Crippen LogP contribution in [0, 0.1) is 0 Å². The Hall–Kier alpha value is -1.60. The molecule has 1 saturated heterocycles. The van der Waals surface area contributed by atoms with E-state index >= 15 is 0 Å². The molecule has 6 nitrogen and oxygen atoms in total. The zero-order valence-electron chi connectivity index (χ0n) is 16.8. The maximum Gasteiger partial charge on any atom is 0.191 e. The largest absolute Gasteiger partial charge is 0.356 e. The lowest BCUT2D eigenvalue weighted by molar-refractivity contribution is 0.167. The number of rotatable bonds is 8. The van der Waals surface area contributed by atoms with Crippen molar-refractivity contribution >= 4 is 15.8 Å². The van der Waals surface area contributed by atoms with E-state index in [0.717, 1.165) is 37.5 Å². The van der Waals surface area contributed by atoms with Crippen LogP contribution in [0.15, 0.2) is 35.3 Å².